The van der Waals surface area contributed by atoms with Gasteiger partial charge in [0.2, 0.25) is 0 Å². The molecule has 0 saturated heterocycles. The zero-order chi connectivity index (χ0) is 21.7. The second-order valence-electron chi connectivity index (χ2n) is 7.22. The third kappa shape index (κ3) is 4.63. The number of hydrogen-bond acceptors (Lipinski definition) is 6. The normalized spacial score (nSPS) is 11.0. The van der Waals surface area contributed by atoms with Gasteiger partial charge in [0.05, 0.1) is 23.9 Å². The van der Waals surface area contributed by atoms with Crippen molar-refractivity contribution in [2.45, 2.75) is 13.3 Å². The van der Waals surface area contributed by atoms with E-state index in [4.69, 9.17) is 15.2 Å². The van der Waals surface area contributed by atoms with Crippen molar-refractivity contribution in [2.75, 3.05) is 39.7 Å². The molecule has 7 heteroatoms. The Hall–Kier alpha value is -3.32. The minimum Gasteiger partial charge on any atom is -0.493 e. The molecular weight excluding hydrogens is 380 g/mol. The summed E-state index contributed by atoms with van der Waals surface area (Å²) in [6, 6.07) is 11.6. The van der Waals surface area contributed by atoms with E-state index in [0.29, 0.717) is 34.9 Å². The van der Waals surface area contributed by atoms with Gasteiger partial charge in [0.1, 0.15) is 6.61 Å². The van der Waals surface area contributed by atoms with E-state index in [0.717, 1.165) is 29.6 Å². The molecule has 0 radical (unpaired) electrons. The summed E-state index contributed by atoms with van der Waals surface area (Å²) >= 11 is 0. The van der Waals surface area contributed by atoms with Crippen molar-refractivity contribution in [1.82, 2.24) is 9.88 Å². The summed E-state index contributed by atoms with van der Waals surface area (Å²) in [5, 5.41) is 4.14. The Labute approximate surface area is 176 Å². The number of pyridine rings is 1. The Bertz CT molecular complexity index is 1050. The van der Waals surface area contributed by atoms with Crippen LogP contribution in [0.15, 0.2) is 42.6 Å². The van der Waals surface area contributed by atoms with Crippen LogP contribution in [0.3, 0.4) is 0 Å². The van der Waals surface area contributed by atoms with Crippen LogP contribution >= 0.6 is 0 Å². The Kier molecular flexibility index (Phi) is 6.74. The van der Waals surface area contributed by atoms with Crippen molar-refractivity contribution in [3.8, 4) is 11.5 Å². The number of primary amides is 1. The van der Waals surface area contributed by atoms with E-state index >= 15 is 0 Å². The number of aryl methyl sites for hydroxylation is 1. The highest BCUT2D eigenvalue weighted by Crippen LogP contribution is 2.37. The number of aromatic nitrogens is 1. The molecule has 3 rings (SSSR count). The highest BCUT2D eigenvalue weighted by Gasteiger charge is 2.18. The summed E-state index contributed by atoms with van der Waals surface area (Å²) < 4.78 is 11.5. The van der Waals surface area contributed by atoms with Crippen LogP contribution in [0, 0.1) is 0 Å². The molecule has 3 N–H and O–H groups in total. The predicted octanol–water partition coefficient (Wildman–Crippen LogP) is 3.59. The van der Waals surface area contributed by atoms with Crippen LogP contribution in [0.5, 0.6) is 11.5 Å². The number of rotatable bonds is 9. The van der Waals surface area contributed by atoms with Crippen LogP contribution in [-0.4, -0.2) is 50.1 Å². The number of likely N-dealkylation sites (N-methyl/N-ethyl adjacent to an activating group) is 1. The van der Waals surface area contributed by atoms with Crippen molar-refractivity contribution >= 4 is 28.2 Å². The van der Waals surface area contributed by atoms with Gasteiger partial charge in [-0.15, -0.1) is 0 Å². The first-order valence-corrected chi connectivity index (χ1v) is 9.87. The van der Waals surface area contributed by atoms with Crippen LogP contribution < -0.4 is 20.5 Å². The fourth-order valence-electron chi connectivity index (χ4n) is 3.22. The van der Waals surface area contributed by atoms with E-state index in [2.05, 4.69) is 23.3 Å². The molecule has 0 spiro atoms. The van der Waals surface area contributed by atoms with Gasteiger partial charge in [0, 0.05) is 29.9 Å². The number of carbonyl (C=O) groups excluding carboxylic acids is 1. The summed E-state index contributed by atoms with van der Waals surface area (Å²) in [5.74, 6) is 0.620. The van der Waals surface area contributed by atoms with Gasteiger partial charge in [0.15, 0.2) is 11.5 Å². The molecule has 158 valence electrons. The van der Waals surface area contributed by atoms with Crippen LogP contribution in [0.25, 0.3) is 10.9 Å². The van der Waals surface area contributed by atoms with Crippen LogP contribution in [0.1, 0.15) is 22.8 Å². The van der Waals surface area contributed by atoms with E-state index in [1.165, 1.54) is 6.20 Å². The van der Waals surface area contributed by atoms with Crippen molar-refractivity contribution < 1.29 is 14.3 Å². The number of nitrogens with two attached hydrogens (primary N) is 1. The zero-order valence-electron chi connectivity index (χ0n) is 17.9. The molecule has 0 aliphatic heterocycles. The number of carbonyl (C=O) groups is 1. The Morgan fingerprint density at radius 2 is 1.97 bits per heavy atom. The topological polar surface area (TPSA) is 89.7 Å². The van der Waals surface area contributed by atoms with E-state index in [-0.39, 0.29) is 0 Å². The predicted molar refractivity (Wildman–Crippen MR) is 120 cm³/mol. The van der Waals surface area contributed by atoms with Crippen LogP contribution in [0.4, 0.5) is 11.4 Å². The smallest absolute Gasteiger partial charge is 0.252 e. The lowest BCUT2D eigenvalue weighted by Gasteiger charge is -2.18. The van der Waals surface area contributed by atoms with Gasteiger partial charge in [-0.3, -0.25) is 9.78 Å². The molecule has 0 bridgehead atoms. The third-order valence-electron chi connectivity index (χ3n) is 4.87. The fraction of sp³-hybridized carbons (Fsp3) is 0.304. The van der Waals surface area contributed by atoms with Crippen molar-refractivity contribution in [3.05, 3.63) is 53.7 Å². The molecule has 0 aliphatic carbocycles. The molecule has 0 aliphatic rings. The maximum absolute atomic E-state index is 12.1. The molecule has 1 amide bonds. The molecule has 1 heterocycles. The van der Waals surface area contributed by atoms with E-state index in [1.54, 1.807) is 7.11 Å². The van der Waals surface area contributed by atoms with E-state index in [9.17, 15) is 4.79 Å². The number of para-hydroxylation sites is 1. The van der Waals surface area contributed by atoms with Gasteiger partial charge >= 0.3 is 0 Å². The summed E-state index contributed by atoms with van der Waals surface area (Å²) in [6.07, 6.45) is 2.35. The first-order chi connectivity index (χ1) is 14.4. The molecule has 0 fully saturated rings. The summed E-state index contributed by atoms with van der Waals surface area (Å²) in [4.78, 5) is 18.6. The highest BCUT2D eigenvalue weighted by atomic mass is 16.5. The SMILES string of the molecule is CCc1ccccc1Nc1c(C(N)=O)cnc2cc(OC)c(OCCN(C)C)cc12. The lowest BCUT2D eigenvalue weighted by molar-refractivity contribution is 0.100. The maximum atomic E-state index is 12.1. The minimum absolute atomic E-state index is 0.317. The Morgan fingerprint density at radius 3 is 2.63 bits per heavy atom. The largest absolute Gasteiger partial charge is 0.493 e. The average molecular weight is 409 g/mol. The van der Waals surface area contributed by atoms with Gasteiger partial charge in [-0.05, 0) is 38.2 Å². The van der Waals surface area contributed by atoms with Gasteiger partial charge in [-0.2, -0.15) is 0 Å². The lowest BCUT2D eigenvalue weighted by atomic mass is 10.1. The van der Waals surface area contributed by atoms with Gasteiger partial charge in [-0.25, -0.2) is 0 Å². The number of benzene rings is 2. The average Bonchev–Trinajstić information content (AvgIpc) is 2.73. The molecule has 0 atom stereocenters. The van der Waals surface area contributed by atoms with Gasteiger partial charge < -0.3 is 25.4 Å². The second-order valence-corrected chi connectivity index (χ2v) is 7.22. The molecule has 2 aromatic carbocycles. The lowest BCUT2D eigenvalue weighted by Crippen LogP contribution is -2.19. The minimum atomic E-state index is -0.549. The highest BCUT2D eigenvalue weighted by molar-refractivity contribution is 6.08. The molecule has 7 nitrogen and oxygen atoms in total. The summed E-state index contributed by atoms with van der Waals surface area (Å²) in [7, 11) is 5.56. The van der Waals surface area contributed by atoms with Crippen molar-refractivity contribution in [3.63, 3.8) is 0 Å². The standard InChI is InChI=1S/C23H28N4O3/c1-5-15-8-6-7-9-18(15)26-22-16-12-21(30-11-10-27(2)3)20(29-4)13-19(16)25-14-17(22)23(24)28/h6-9,12-14H,5,10-11H2,1-4H3,(H2,24,28)(H,25,26). The van der Waals surface area contributed by atoms with Crippen molar-refractivity contribution in [1.29, 1.82) is 0 Å². The fourth-order valence-corrected chi connectivity index (χ4v) is 3.22. The number of nitrogens with one attached hydrogen (secondary N) is 1. The number of nitrogens with zero attached hydrogens (tertiary/aromatic N) is 2. The van der Waals surface area contributed by atoms with Crippen LogP contribution in [-0.2, 0) is 6.42 Å². The zero-order valence-corrected chi connectivity index (χ0v) is 17.9. The number of ether oxygens (including phenoxy) is 2. The molecular formula is C23H28N4O3. The molecule has 30 heavy (non-hydrogen) atoms. The summed E-state index contributed by atoms with van der Waals surface area (Å²) in [6.45, 7) is 3.34. The Balaban J connectivity index is 2.14. The van der Waals surface area contributed by atoms with E-state index < -0.39 is 5.91 Å². The molecule has 0 saturated carbocycles. The van der Waals surface area contributed by atoms with Crippen molar-refractivity contribution in [2.24, 2.45) is 5.73 Å². The quantitative estimate of drug-likeness (QED) is 0.562. The number of methoxy groups -OCH3 is 1. The first kappa shape index (κ1) is 21.4. The summed E-state index contributed by atoms with van der Waals surface area (Å²) in [5.41, 5.74) is 9.30. The molecule has 1 aromatic heterocycles. The van der Waals surface area contributed by atoms with Gasteiger partial charge in [0.25, 0.3) is 5.91 Å². The number of amides is 1. The molecule has 3 aromatic rings. The number of hydrogen-bond donors (Lipinski definition) is 2. The first-order valence-electron chi connectivity index (χ1n) is 9.87. The monoisotopic (exact) mass is 408 g/mol. The Morgan fingerprint density at radius 1 is 1.20 bits per heavy atom. The van der Waals surface area contributed by atoms with Gasteiger partial charge in [-0.1, -0.05) is 25.1 Å². The molecule has 0 unspecified atom stereocenters. The number of fused-ring (bicyclic) bond motifs is 1. The van der Waals surface area contributed by atoms with Crippen LogP contribution in [0.2, 0.25) is 0 Å². The van der Waals surface area contributed by atoms with E-state index in [1.807, 2.05) is 49.3 Å². The second kappa shape index (κ2) is 9.45. The maximum Gasteiger partial charge on any atom is 0.252 e. The third-order valence-corrected chi connectivity index (χ3v) is 4.87. The number of anilines is 2.